The van der Waals surface area contributed by atoms with Crippen molar-refractivity contribution in [3.63, 3.8) is 0 Å². The van der Waals surface area contributed by atoms with Crippen LogP contribution in [0, 0.1) is 0 Å². The monoisotopic (exact) mass is 219 g/mol. The third-order valence-electron chi connectivity index (χ3n) is 1.79. The summed E-state index contributed by atoms with van der Waals surface area (Å²) in [7, 11) is 0. The Bertz CT molecular complexity index is 300. The maximum atomic E-state index is 4.39. The normalized spacial score (nSPS) is 7.81. The van der Waals surface area contributed by atoms with E-state index in [4.69, 9.17) is 0 Å². The van der Waals surface area contributed by atoms with E-state index in [1.807, 2.05) is 39.8 Å². The molecule has 0 N–H and O–H groups in total. The summed E-state index contributed by atoms with van der Waals surface area (Å²) >= 11 is 0. The Morgan fingerprint density at radius 3 is 2.00 bits per heavy atom. The number of rotatable bonds is 3. The predicted octanol–water partition coefficient (Wildman–Crippen LogP) is 4.98. The van der Waals surface area contributed by atoms with Crippen molar-refractivity contribution >= 4 is 12.2 Å². The highest BCUT2D eigenvalue weighted by molar-refractivity contribution is 5.60. The van der Waals surface area contributed by atoms with Gasteiger partial charge in [0.05, 0.1) is 5.69 Å². The van der Waals surface area contributed by atoms with Crippen LogP contribution in [0.25, 0.3) is 12.2 Å². The predicted molar refractivity (Wildman–Crippen MR) is 76.5 cm³/mol. The molecule has 0 atom stereocenters. The zero-order valence-corrected chi connectivity index (χ0v) is 11.4. The number of nitrogens with zero attached hydrogens (tertiary/aromatic N) is 1. The van der Waals surface area contributed by atoms with Crippen molar-refractivity contribution in [2.45, 2.75) is 41.0 Å². The molecule has 1 nitrogen and oxygen atoms in total. The Hall–Kier alpha value is -1.37. The summed E-state index contributed by atoms with van der Waals surface area (Å²) in [4.78, 5) is 4.39. The smallest absolute Gasteiger partial charge is 0.0699 e. The number of aryl methyl sites for hydroxylation is 1. The van der Waals surface area contributed by atoms with Gasteiger partial charge in [0.25, 0.3) is 0 Å². The molecule has 1 rings (SSSR count). The van der Waals surface area contributed by atoms with Gasteiger partial charge in [0.2, 0.25) is 0 Å². The lowest BCUT2D eigenvalue weighted by atomic mass is 10.1. The molecular weight excluding hydrogens is 194 g/mol. The fraction of sp³-hybridized carbons (Fsp3) is 0.400. The lowest BCUT2D eigenvalue weighted by Crippen LogP contribution is -1.91. The van der Waals surface area contributed by atoms with E-state index >= 15 is 0 Å². The highest BCUT2D eigenvalue weighted by atomic mass is 14.7. The summed E-state index contributed by atoms with van der Waals surface area (Å²) in [6, 6.07) is 4.04. The van der Waals surface area contributed by atoms with Crippen LogP contribution < -0.4 is 0 Å². The third kappa shape index (κ3) is 5.50. The molecule has 0 saturated heterocycles. The second-order valence-corrected chi connectivity index (χ2v) is 2.54. The molecule has 0 aromatic carbocycles. The fourth-order valence-electron chi connectivity index (χ4n) is 1.06. The zero-order chi connectivity index (χ0) is 13.0. The summed E-state index contributed by atoms with van der Waals surface area (Å²) in [5, 5.41) is 0. The molecule has 0 unspecified atom stereocenters. The molecule has 1 heteroatoms. The van der Waals surface area contributed by atoms with Crippen LogP contribution in [-0.4, -0.2) is 4.98 Å². The molecule has 90 valence electrons. The van der Waals surface area contributed by atoms with Gasteiger partial charge in [0.1, 0.15) is 0 Å². The number of pyridine rings is 1. The maximum absolute atomic E-state index is 4.39. The minimum Gasteiger partial charge on any atom is -0.253 e. The molecule has 0 aliphatic carbocycles. The average Bonchev–Trinajstić information content (AvgIpc) is 2.42. The van der Waals surface area contributed by atoms with E-state index in [1.54, 1.807) is 12.2 Å². The van der Waals surface area contributed by atoms with Gasteiger partial charge in [-0.15, -0.1) is 0 Å². The number of hydrogen-bond acceptors (Lipinski definition) is 1. The lowest BCUT2D eigenvalue weighted by Gasteiger charge is -2.01. The molecule has 0 fully saturated rings. The molecule has 0 spiro atoms. The van der Waals surface area contributed by atoms with Gasteiger partial charge >= 0.3 is 0 Å². The molecule has 0 radical (unpaired) electrons. The van der Waals surface area contributed by atoms with Gasteiger partial charge in [-0.2, -0.15) is 0 Å². The van der Waals surface area contributed by atoms with E-state index in [0.29, 0.717) is 0 Å². The van der Waals surface area contributed by atoms with Crippen LogP contribution in [0.5, 0.6) is 0 Å². The van der Waals surface area contributed by atoms with Crippen LogP contribution in [0.3, 0.4) is 0 Å². The van der Waals surface area contributed by atoms with Crippen molar-refractivity contribution < 1.29 is 0 Å². The Kier molecular flexibility index (Phi) is 12.5. The van der Waals surface area contributed by atoms with Crippen LogP contribution in [-0.2, 0) is 6.42 Å². The summed E-state index contributed by atoms with van der Waals surface area (Å²) < 4.78 is 0. The summed E-state index contributed by atoms with van der Waals surface area (Å²) in [5.41, 5.74) is 3.06. The molecule has 1 heterocycles. The van der Waals surface area contributed by atoms with Crippen molar-refractivity contribution in [3.8, 4) is 0 Å². The van der Waals surface area contributed by atoms with Crippen LogP contribution in [0.15, 0.2) is 25.3 Å². The molecular formula is C15H25N. The van der Waals surface area contributed by atoms with E-state index in [2.05, 4.69) is 25.1 Å². The van der Waals surface area contributed by atoms with Gasteiger partial charge in [-0.3, -0.25) is 4.98 Å². The van der Waals surface area contributed by atoms with Crippen LogP contribution in [0.1, 0.15) is 51.6 Å². The van der Waals surface area contributed by atoms with Gasteiger partial charge < -0.3 is 0 Å². The second kappa shape index (κ2) is 11.7. The molecule has 0 aliphatic heterocycles. The van der Waals surface area contributed by atoms with E-state index in [-0.39, 0.29) is 0 Å². The molecule has 0 aliphatic rings. The van der Waals surface area contributed by atoms with Crippen molar-refractivity contribution in [3.05, 3.63) is 42.2 Å². The van der Waals surface area contributed by atoms with E-state index in [0.717, 1.165) is 23.4 Å². The highest BCUT2D eigenvalue weighted by Gasteiger charge is 1.97. The molecule has 1 aromatic heterocycles. The van der Waals surface area contributed by atoms with Gasteiger partial charge in [-0.1, -0.05) is 59.9 Å². The third-order valence-corrected chi connectivity index (χ3v) is 1.79. The Morgan fingerprint density at radius 1 is 1.06 bits per heavy atom. The average molecular weight is 219 g/mol. The largest absolute Gasteiger partial charge is 0.253 e. The van der Waals surface area contributed by atoms with Crippen LogP contribution in [0.4, 0.5) is 0 Å². The first-order valence-corrected chi connectivity index (χ1v) is 6.06. The molecule has 1 aromatic rings. The number of hydrogen-bond donors (Lipinski definition) is 0. The van der Waals surface area contributed by atoms with E-state index < -0.39 is 0 Å². The first kappa shape index (κ1) is 17.0. The summed E-state index contributed by atoms with van der Waals surface area (Å²) in [6.07, 6.45) is 4.51. The van der Waals surface area contributed by atoms with Gasteiger partial charge in [0, 0.05) is 5.69 Å². The molecule has 16 heavy (non-hydrogen) atoms. The van der Waals surface area contributed by atoms with Crippen LogP contribution >= 0.6 is 0 Å². The minimum atomic E-state index is 0.921. The Morgan fingerprint density at radius 2 is 1.62 bits per heavy atom. The van der Waals surface area contributed by atoms with Gasteiger partial charge in [0.15, 0.2) is 0 Å². The van der Waals surface area contributed by atoms with Crippen LogP contribution in [0.2, 0.25) is 0 Å². The van der Waals surface area contributed by atoms with Crippen molar-refractivity contribution in [2.24, 2.45) is 0 Å². The fourth-order valence-corrected chi connectivity index (χ4v) is 1.06. The SMILES string of the molecule is C=Cc1ccc(CC)nc1C=C.CC.CC. The molecule has 0 bridgehead atoms. The summed E-state index contributed by atoms with van der Waals surface area (Å²) in [5.74, 6) is 0. The van der Waals surface area contributed by atoms with E-state index in [1.165, 1.54) is 0 Å². The van der Waals surface area contributed by atoms with E-state index in [9.17, 15) is 0 Å². The standard InChI is InChI=1S/C11H13N.2C2H6/c1-4-9-7-8-10(5-2)12-11(9)6-3;2*1-2/h4,6-8H,1,3,5H2,2H3;2*1-2H3. The topological polar surface area (TPSA) is 12.9 Å². The summed E-state index contributed by atoms with van der Waals surface area (Å²) in [6.45, 7) is 17.5. The first-order chi connectivity index (χ1) is 7.81. The van der Waals surface area contributed by atoms with Crippen molar-refractivity contribution in [1.29, 1.82) is 0 Å². The van der Waals surface area contributed by atoms with Gasteiger partial charge in [-0.25, -0.2) is 0 Å². The highest BCUT2D eigenvalue weighted by Crippen LogP contribution is 2.10. The minimum absolute atomic E-state index is 0.921. The number of aromatic nitrogens is 1. The first-order valence-electron chi connectivity index (χ1n) is 6.06. The van der Waals surface area contributed by atoms with Crippen molar-refractivity contribution in [1.82, 2.24) is 4.98 Å². The Labute approximate surface area is 101 Å². The molecule has 0 amide bonds. The second-order valence-electron chi connectivity index (χ2n) is 2.54. The quantitative estimate of drug-likeness (QED) is 0.698. The van der Waals surface area contributed by atoms with Crippen molar-refractivity contribution in [2.75, 3.05) is 0 Å². The Balaban J connectivity index is 0. The zero-order valence-electron chi connectivity index (χ0n) is 11.4. The lowest BCUT2D eigenvalue weighted by molar-refractivity contribution is 1.03. The maximum Gasteiger partial charge on any atom is 0.0699 e. The van der Waals surface area contributed by atoms with Gasteiger partial charge in [-0.05, 0) is 24.1 Å². The molecule has 0 saturated carbocycles.